The van der Waals surface area contributed by atoms with E-state index in [2.05, 4.69) is 48.6 Å². The van der Waals surface area contributed by atoms with Crippen molar-refractivity contribution in [3.8, 4) is 0 Å². The van der Waals surface area contributed by atoms with E-state index in [-0.39, 0.29) is 36.6 Å². The van der Waals surface area contributed by atoms with Gasteiger partial charge in [-0.3, -0.25) is 4.79 Å². The zero-order valence-corrected chi connectivity index (χ0v) is 17.5. The van der Waals surface area contributed by atoms with Crippen molar-refractivity contribution in [2.75, 3.05) is 14.1 Å². The van der Waals surface area contributed by atoms with E-state index in [9.17, 15) is 4.79 Å². The van der Waals surface area contributed by atoms with Crippen LogP contribution >= 0.6 is 24.8 Å². The van der Waals surface area contributed by atoms with Crippen molar-refractivity contribution in [3.05, 3.63) is 35.4 Å². The largest absolute Gasteiger partial charge is 0.352 e. The van der Waals surface area contributed by atoms with Gasteiger partial charge >= 0.3 is 0 Å². The molecule has 2 saturated carbocycles. The van der Waals surface area contributed by atoms with Gasteiger partial charge in [0.2, 0.25) is 5.91 Å². The Morgan fingerprint density at radius 1 is 1.15 bits per heavy atom. The lowest BCUT2D eigenvalue weighted by Gasteiger charge is -2.43. The number of nitrogens with zero attached hydrogens (tertiary/aromatic N) is 1. The number of fused-ring (bicyclic) bond motifs is 2. The maximum absolute atomic E-state index is 12.6. The van der Waals surface area contributed by atoms with Crippen LogP contribution in [0.25, 0.3) is 0 Å². The molecule has 2 aliphatic carbocycles. The Morgan fingerprint density at radius 2 is 1.77 bits per heavy atom. The number of benzene rings is 1. The van der Waals surface area contributed by atoms with Crippen LogP contribution in [-0.2, 0) is 17.9 Å². The number of nitrogens with two attached hydrogens (primary N) is 1. The first-order valence-corrected chi connectivity index (χ1v) is 9.28. The number of nitrogens with one attached hydrogen (secondary N) is 1. The van der Waals surface area contributed by atoms with Crippen molar-refractivity contribution < 1.29 is 4.79 Å². The maximum Gasteiger partial charge on any atom is 0.223 e. The second-order valence-electron chi connectivity index (χ2n) is 7.97. The smallest absolute Gasteiger partial charge is 0.223 e. The highest BCUT2D eigenvalue weighted by atomic mass is 35.5. The maximum atomic E-state index is 12.6. The van der Waals surface area contributed by atoms with Crippen molar-refractivity contribution in [2.45, 2.75) is 51.2 Å². The third-order valence-electron chi connectivity index (χ3n) is 5.74. The molecular weight excluding hydrogens is 369 g/mol. The number of carbonyl (C=O) groups is 1. The summed E-state index contributed by atoms with van der Waals surface area (Å²) in [6.07, 6.45) is 5.65. The quantitative estimate of drug-likeness (QED) is 0.794. The number of hydrogen-bond donors (Lipinski definition) is 2. The molecule has 0 aromatic heterocycles. The van der Waals surface area contributed by atoms with Crippen LogP contribution in [0.3, 0.4) is 0 Å². The van der Waals surface area contributed by atoms with E-state index in [1.807, 2.05) is 0 Å². The Bertz CT molecular complexity index is 568. The summed E-state index contributed by atoms with van der Waals surface area (Å²) in [6, 6.07) is 8.81. The minimum Gasteiger partial charge on any atom is -0.352 e. The summed E-state index contributed by atoms with van der Waals surface area (Å²) in [5, 5.41) is 3.16. The van der Waals surface area contributed by atoms with E-state index in [4.69, 9.17) is 5.73 Å². The molecule has 4 nitrogen and oxygen atoms in total. The van der Waals surface area contributed by atoms with Crippen LogP contribution in [0.5, 0.6) is 0 Å². The molecule has 3 rings (SSSR count). The molecule has 2 bridgehead atoms. The van der Waals surface area contributed by atoms with E-state index in [1.165, 1.54) is 30.4 Å². The van der Waals surface area contributed by atoms with Crippen LogP contribution in [0.15, 0.2) is 24.3 Å². The van der Waals surface area contributed by atoms with Crippen molar-refractivity contribution in [1.82, 2.24) is 10.2 Å². The molecule has 2 aliphatic rings. The molecule has 0 radical (unpaired) electrons. The average molecular weight is 402 g/mol. The Labute approximate surface area is 170 Å². The van der Waals surface area contributed by atoms with Gasteiger partial charge in [-0.05, 0) is 62.7 Å². The Kier molecular flexibility index (Phi) is 9.39. The van der Waals surface area contributed by atoms with Crippen molar-refractivity contribution >= 4 is 30.7 Å². The van der Waals surface area contributed by atoms with Crippen LogP contribution in [0, 0.1) is 17.8 Å². The monoisotopic (exact) mass is 401 g/mol. The molecule has 0 heterocycles. The summed E-state index contributed by atoms with van der Waals surface area (Å²) >= 11 is 0. The van der Waals surface area contributed by atoms with Crippen LogP contribution in [0.2, 0.25) is 0 Å². The fraction of sp³-hybridized carbons (Fsp3) is 0.650. The highest BCUT2D eigenvalue weighted by Gasteiger charge is 2.40. The van der Waals surface area contributed by atoms with Gasteiger partial charge in [-0.25, -0.2) is 0 Å². The van der Waals surface area contributed by atoms with Crippen molar-refractivity contribution in [2.24, 2.45) is 23.5 Å². The summed E-state index contributed by atoms with van der Waals surface area (Å²) in [5.74, 6) is 1.48. The SMILES string of the molecule is CN(C)Cc1cccc(CNC(=O)C2CC3CCCC(C2)C3N)c1.Cl.Cl. The van der Waals surface area contributed by atoms with Crippen LogP contribution < -0.4 is 11.1 Å². The zero-order chi connectivity index (χ0) is 17.1. The summed E-state index contributed by atoms with van der Waals surface area (Å²) in [4.78, 5) is 14.8. The third kappa shape index (κ3) is 5.85. The predicted molar refractivity (Wildman–Crippen MR) is 112 cm³/mol. The average Bonchev–Trinajstić information content (AvgIpc) is 2.52. The molecule has 1 aromatic rings. The number of hydrogen-bond acceptors (Lipinski definition) is 3. The Morgan fingerprint density at radius 3 is 2.38 bits per heavy atom. The molecule has 2 atom stereocenters. The first-order valence-electron chi connectivity index (χ1n) is 9.28. The standard InChI is InChI=1S/C20H31N3O.2ClH/c1-23(2)13-15-6-3-5-14(9-15)12-22-20(24)18-10-16-7-4-8-17(11-18)19(16)21;;/h3,5-6,9,16-19H,4,7-8,10-13,21H2,1-2H3,(H,22,24);2*1H. The van der Waals surface area contributed by atoms with Gasteiger partial charge in [-0.15, -0.1) is 24.8 Å². The minimum absolute atomic E-state index is 0. The Balaban J connectivity index is 0.00000169. The first kappa shape index (κ1) is 23.2. The van der Waals surface area contributed by atoms with Crippen LogP contribution in [-0.4, -0.2) is 30.9 Å². The molecular formula is C20H33Cl2N3O. The summed E-state index contributed by atoms with van der Waals surface area (Å²) < 4.78 is 0. The molecule has 0 aliphatic heterocycles. The molecule has 26 heavy (non-hydrogen) atoms. The van der Waals surface area contributed by atoms with Gasteiger partial charge in [0.05, 0.1) is 0 Å². The van der Waals surface area contributed by atoms with Crippen LogP contribution in [0.4, 0.5) is 0 Å². The summed E-state index contributed by atoms with van der Waals surface area (Å²) in [7, 11) is 4.14. The third-order valence-corrected chi connectivity index (χ3v) is 5.74. The molecule has 6 heteroatoms. The van der Waals surface area contributed by atoms with Gasteiger partial charge < -0.3 is 16.0 Å². The van der Waals surface area contributed by atoms with E-state index in [0.717, 1.165) is 19.4 Å². The van der Waals surface area contributed by atoms with Crippen molar-refractivity contribution in [3.63, 3.8) is 0 Å². The molecule has 2 fully saturated rings. The fourth-order valence-electron chi connectivity index (χ4n) is 4.54. The number of rotatable bonds is 5. The van der Waals surface area contributed by atoms with Gasteiger partial charge in [0.15, 0.2) is 0 Å². The molecule has 2 unspecified atom stereocenters. The normalized spacial score (nSPS) is 27.2. The minimum atomic E-state index is 0. The highest BCUT2D eigenvalue weighted by Crippen LogP contribution is 2.41. The topological polar surface area (TPSA) is 58.4 Å². The Hall–Kier alpha value is -0.810. The van der Waals surface area contributed by atoms with E-state index < -0.39 is 0 Å². The van der Waals surface area contributed by atoms with Gasteiger partial charge in [0.1, 0.15) is 0 Å². The lowest BCUT2D eigenvalue weighted by atomic mass is 9.65. The molecule has 1 amide bonds. The zero-order valence-electron chi connectivity index (χ0n) is 15.8. The van der Waals surface area contributed by atoms with E-state index >= 15 is 0 Å². The summed E-state index contributed by atoms with van der Waals surface area (Å²) in [6.45, 7) is 1.55. The molecule has 148 valence electrons. The molecule has 0 spiro atoms. The highest BCUT2D eigenvalue weighted by molar-refractivity contribution is 5.85. The molecule has 3 N–H and O–H groups in total. The molecule has 0 saturated heterocycles. The second kappa shape index (κ2) is 10.5. The fourth-order valence-corrected chi connectivity index (χ4v) is 4.54. The number of halogens is 2. The first-order chi connectivity index (χ1) is 11.5. The predicted octanol–water partition coefficient (Wildman–Crippen LogP) is 3.36. The lowest BCUT2D eigenvalue weighted by Crippen LogP contribution is -2.49. The molecule has 1 aromatic carbocycles. The number of amides is 1. The van der Waals surface area contributed by atoms with Gasteiger partial charge in [0.25, 0.3) is 0 Å². The van der Waals surface area contributed by atoms with Gasteiger partial charge in [-0.1, -0.05) is 30.7 Å². The van der Waals surface area contributed by atoms with Gasteiger partial charge in [-0.2, -0.15) is 0 Å². The van der Waals surface area contributed by atoms with Gasteiger partial charge in [0, 0.05) is 25.0 Å². The number of carbonyl (C=O) groups excluding carboxylic acids is 1. The summed E-state index contributed by atoms with van der Waals surface area (Å²) in [5.41, 5.74) is 8.79. The van der Waals surface area contributed by atoms with E-state index in [0.29, 0.717) is 24.4 Å². The van der Waals surface area contributed by atoms with E-state index in [1.54, 1.807) is 0 Å². The van der Waals surface area contributed by atoms with Crippen LogP contribution in [0.1, 0.15) is 43.2 Å². The van der Waals surface area contributed by atoms with Crippen molar-refractivity contribution in [1.29, 1.82) is 0 Å². The lowest BCUT2D eigenvalue weighted by molar-refractivity contribution is -0.128. The second-order valence-corrected chi connectivity index (χ2v) is 7.97.